The summed E-state index contributed by atoms with van der Waals surface area (Å²) in [6, 6.07) is 0. The Morgan fingerprint density at radius 3 is 2.62 bits per heavy atom. The second-order valence-corrected chi connectivity index (χ2v) is 8.75. The van der Waals surface area contributed by atoms with Crippen LogP contribution in [0.3, 0.4) is 0 Å². The van der Waals surface area contributed by atoms with Gasteiger partial charge in [0.25, 0.3) is 0 Å². The monoisotopic (exact) mass is 368 g/mol. The van der Waals surface area contributed by atoms with E-state index in [1.165, 1.54) is 0 Å². The quantitative estimate of drug-likeness (QED) is 0.318. The highest BCUT2D eigenvalue weighted by Gasteiger charge is 2.35. The summed E-state index contributed by atoms with van der Waals surface area (Å²) < 4.78 is 0. The fourth-order valence-corrected chi connectivity index (χ4v) is 4.14. The molecule has 4 heteroatoms. The van der Waals surface area contributed by atoms with Gasteiger partial charge >= 0.3 is 5.97 Å². The molecule has 0 spiro atoms. The largest absolute Gasteiger partial charge is 0.481 e. The molecule has 1 aliphatic carbocycles. The number of hydrogen-bond acceptors (Lipinski definition) is 3. The number of rotatable bonds is 13. The number of unbranched alkanes of at least 4 members (excludes halogenated alkanes) is 2. The van der Waals surface area contributed by atoms with Crippen LogP contribution in [0.4, 0.5) is 0 Å². The second-order valence-electron chi connectivity index (χ2n) is 8.75. The molecule has 4 nitrogen and oxygen atoms in total. The van der Waals surface area contributed by atoms with Crippen LogP contribution >= 0.6 is 0 Å². The third-order valence-electron chi connectivity index (χ3n) is 6.16. The Morgan fingerprint density at radius 2 is 1.96 bits per heavy atom. The minimum Gasteiger partial charge on any atom is -0.481 e. The normalized spacial score (nSPS) is 25.0. The SMILES string of the molecule is CCCCC(C)(C)C(O)CCC1CCC(O)C1C/C=C\CCCC(=O)O. The molecule has 1 fully saturated rings. The molecule has 1 rings (SSSR count). The number of carbonyl (C=O) groups is 1. The van der Waals surface area contributed by atoms with E-state index in [4.69, 9.17) is 5.11 Å². The lowest BCUT2D eigenvalue weighted by molar-refractivity contribution is -0.137. The molecule has 0 aromatic carbocycles. The predicted octanol–water partition coefficient (Wildman–Crippen LogP) is 4.93. The van der Waals surface area contributed by atoms with Crippen LogP contribution in [0.5, 0.6) is 0 Å². The summed E-state index contributed by atoms with van der Waals surface area (Å²) in [5.74, 6) is 0.00655. The van der Waals surface area contributed by atoms with Gasteiger partial charge in [-0.15, -0.1) is 0 Å². The van der Waals surface area contributed by atoms with E-state index in [1.54, 1.807) is 0 Å². The van der Waals surface area contributed by atoms with Crippen LogP contribution in [0.25, 0.3) is 0 Å². The maximum Gasteiger partial charge on any atom is 0.303 e. The fourth-order valence-electron chi connectivity index (χ4n) is 4.14. The zero-order valence-electron chi connectivity index (χ0n) is 17.0. The van der Waals surface area contributed by atoms with Gasteiger partial charge in [-0.05, 0) is 68.6 Å². The molecule has 152 valence electrons. The standard InChI is InChI=1S/C22H40O4/c1-4-5-16-22(2,3)20(24)15-13-17-12-14-19(23)18(17)10-8-6-7-9-11-21(25)26/h6,8,17-20,23-24H,4-5,7,9-16H2,1-3H3,(H,25,26)/b8-6-. The van der Waals surface area contributed by atoms with Crippen molar-refractivity contribution < 1.29 is 20.1 Å². The van der Waals surface area contributed by atoms with Crippen molar-refractivity contribution >= 4 is 5.97 Å². The number of allylic oxidation sites excluding steroid dienone is 2. The van der Waals surface area contributed by atoms with Crippen molar-refractivity contribution in [3.63, 3.8) is 0 Å². The molecule has 0 heterocycles. The van der Waals surface area contributed by atoms with Crippen molar-refractivity contribution in [3.8, 4) is 0 Å². The fraction of sp³-hybridized carbons (Fsp3) is 0.864. The highest BCUT2D eigenvalue weighted by Crippen LogP contribution is 2.39. The van der Waals surface area contributed by atoms with Crippen molar-refractivity contribution in [1.82, 2.24) is 0 Å². The van der Waals surface area contributed by atoms with Gasteiger partial charge in [0.05, 0.1) is 12.2 Å². The summed E-state index contributed by atoms with van der Waals surface area (Å²) in [4.78, 5) is 10.5. The lowest BCUT2D eigenvalue weighted by Crippen LogP contribution is -2.30. The number of carboxylic acid groups (broad SMARTS) is 1. The molecule has 0 saturated heterocycles. The summed E-state index contributed by atoms with van der Waals surface area (Å²) in [6.07, 6.45) is 13.2. The summed E-state index contributed by atoms with van der Waals surface area (Å²) in [7, 11) is 0. The van der Waals surface area contributed by atoms with Crippen LogP contribution in [0, 0.1) is 17.3 Å². The van der Waals surface area contributed by atoms with Crippen LogP contribution in [-0.2, 0) is 4.79 Å². The van der Waals surface area contributed by atoms with Gasteiger partial charge in [-0.2, -0.15) is 0 Å². The van der Waals surface area contributed by atoms with Crippen molar-refractivity contribution in [2.24, 2.45) is 17.3 Å². The molecule has 3 N–H and O–H groups in total. The molecule has 4 atom stereocenters. The van der Waals surface area contributed by atoms with Crippen LogP contribution < -0.4 is 0 Å². The maximum atomic E-state index is 10.6. The Hall–Kier alpha value is -0.870. The zero-order chi connectivity index (χ0) is 19.6. The van der Waals surface area contributed by atoms with Gasteiger partial charge in [0, 0.05) is 6.42 Å². The molecule has 1 saturated carbocycles. The summed E-state index contributed by atoms with van der Waals surface area (Å²) in [6.45, 7) is 6.50. The highest BCUT2D eigenvalue weighted by atomic mass is 16.4. The van der Waals surface area contributed by atoms with Gasteiger partial charge in [0.1, 0.15) is 0 Å². The zero-order valence-corrected chi connectivity index (χ0v) is 17.0. The van der Waals surface area contributed by atoms with E-state index in [-0.39, 0.29) is 30.0 Å². The van der Waals surface area contributed by atoms with Crippen LogP contribution in [0.15, 0.2) is 12.2 Å². The van der Waals surface area contributed by atoms with E-state index in [1.807, 2.05) is 6.08 Å². The molecule has 26 heavy (non-hydrogen) atoms. The van der Waals surface area contributed by atoms with Gasteiger partial charge in [-0.3, -0.25) is 4.79 Å². The molecule has 0 bridgehead atoms. The van der Waals surface area contributed by atoms with Crippen molar-refractivity contribution in [1.29, 1.82) is 0 Å². The van der Waals surface area contributed by atoms with Gasteiger partial charge in [0.2, 0.25) is 0 Å². The first-order chi connectivity index (χ1) is 12.3. The Bertz CT molecular complexity index is 430. The van der Waals surface area contributed by atoms with E-state index >= 15 is 0 Å². The van der Waals surface area contributed by atoms with Crippen molar-refractivity contribution in [2.75, 3.05) is 0 Å². The molecule has 0 aliphatic heterocycles. The number of aliphatic hydroxyl groups is 2. The highest BCUT2D eigenvalue weighted by molar-refractivity contribution is 5.66. The van der Waals surface area contributed by atoms with Crippen LogP contribution in [0.2, 0.25) is 0 Å². The third-order valence-corrected chi connectivity index (χ3v) is 6.16. The van der Waals surface area contributed by atoms with E-state index in [9.17, 15) is 15.0 Å². The molecular formula is C22H40O4. The van der Waals surface area contributed by atoms with E-state index in [0.29, 0.717) is 12.3 Å². The molecule has 1 aliphatic rings. The Morgan fingerprint density at radius 1 is 1.23 bits per heavy atom. The maximum absolute atomic E-state index is 10.6. The van der Waals surface area contributed by atoms with Gasteiger partial charge in [-0.1, -0.05) is 45.8 Å². The van der Waals surface area contributed by atoms with Gasteiger partial charge < -0.3 is 15.3 Å². The first-order valence-electron chi connectivity index (χ1n) is 10.5. The minimum atomic E-state index is -0.745. The van der Waals surface area contributed by atoms with Crippen molar-refractivity contribution in [3.05, 3.63) is 12.2 Å². The van der Waals surface area contributed by atoms with E-state index in [0.717, 1.165) is 57.8 Å². The number of aliphatic carboxylic acids is 1. The van der Waals surface area contributed by atoms with Gasteiger partial charge in [-0.25, -0.2) is 0 Å². The first-order valence-corrected chi connectivity index (χ1v) is 10.5. The smallest absolute Gasteiger partial charge is 0.303 e. The Balaban J connectivity index is 2.40. The first kappa shape index (κ1) is 23.2. The molecule has 0 amide bonds. The number of hydrogen-bond donors (Lipinski definition) is 3. The van der Waals surface area contributed by atoms with E-state index < -0.39 is 5.97 Å². The average molecular weight is 369 g/mol. The number of carboxylic acids is 1. The molecular weight excluding hydrogens is 328 g/mol. The Kier molecular flexibility index (Phi) is 10.5. The molecule has 0 aromatic rings. The van der Waals surface area contributed by atoms with Gasteiger partial charge in [0.15, 0.2) is 0 Å². The predicted molar refractivity (Wildman–Crippen MR) is 106 cm³/mol. The summed E-state index contributed by atoms with van der Waals surface area (Å²) in [5, 5.41) is 29.6. The average Bonchev–Trinajstić information content (AvgIpc) is 2.93. The van der Waals surface area contributed by atoms with Crippen LogP contribution in [0.1, 0.15) is 91.4 Å². The minimum absolute atomic E-state index is 0.0349. The topological polar surface area (TPSA) is 77.8 Å². The van der Waals surface area contributed by atoms with Crippen LogP contribution in [-0.4, -0.2) is 33.5 Å². The number of aliphatic hydroxyl groups excluding tert-OH is 2. The molecule has 4 unspecified atom stereocenters. The van der Waals surface area contributed by atoms with Crippen molar-refractivity contribution in [2.45, 2.75) is 104 Å². The summed E-state index contributed by atoms with van der Waals surface area (Å²) >= 11 is 0. The third kappa shape index (κ3) is 8.22. The lowest BCUT2D eigenvalue weighted by Gasteiger charge is -2.32. The lowest BCUT2D eigenvalue weighted by atomic mass is 9.77. The summed E-state index contributed by atoms with van der Waals surface area (Å²) in [5.41, 5.74) is -0.0349. The molecule has 0 aromatic heterocycles. The Labute approximate surface area is 159 Å². The second kappa shape index (κ2) is 11.8. The molecule has 0 radical (unpaired) electrons. The van der Waals surface area contributed by atoms with E-state index in [2.05, 4.69) is 26.8 Å².